The van der Waals surface area contributed by atoms with Gasteiger partial charge in [0.05, 0.1) is 17.7 Å². The van der Waals surface area contributed by atoms with Gasteiger partial charge in [-0.05, 0) is 55.8 Å². The van der Waals surface area contributed by atoms with E-state index in [1.54, 1.807) is 0 Å². The third kappa shape index (κ3) is 6.69. The molecule has 0 radical (unpaired) electrons. The standard InChI is InChI=1S/C26H33N3O3/c1-5-29(6-2)17-23-9-7-22(8-10-23)16-27-26(30)15-21-11-13-24(14-12-21)31-18-25-19(3)28-32-20(25)4/h7-14H,5-6,15-18H2,1-4H3,(H,27,30). The molecule has 0 saturated carbocycles. The molecule has 0 bridgehead atoms. The maximum absolute atomic E-state index is 12.4. The molecule has 0 aliphatic carbocycles. The van der Waals surface area contributed by atoms with Crippen LogP contribution in [0, 0.1) is 13.8 Å². The van der Waals surface area contributed by atoms with E-state index in [1.807, 2.05) is 38.1 Å². The van der Waals surface area contributed by atoms with E-state index in [1.165, 1.54) is 5.56 Å². The second-order valence-corrected chi connectivity index (χ2v) is 7.97. The van der Waals surface area contributed by atoms with Crippen molar-refractivity contribution in [2.24, 2.45) is 0 Å². The molecule has 0 fully saturated rings. The molecular weight excluding hydrogens is 402 g/mol. The van der Waals surface area contributed by atoms with E-state index >= 15 is 0 Å². The highest BCUT2D eigenvalue weighted by Crippen LogP contribution is 2.18. The van der Waals surface area contributed by atoms with E-state index in [0.717, 1.165) is 53.5 Å². The molecule has 0 saturated heterocycles. The van der Waals surface area contributed by atoms with Crippen LogP contribution in [0.4, 0.5) is 0 Å². The predicted molar refractivity (Wildman–Crippen MR) is 125 cm³/mol. The maximum Gasteiger partial charge on any atom is 0.224 e. The van der Waals surface area contributed by atoms with Crippen molar-refractivity contribution in [3.05, 3.63) is 82.2 Å². The maximum atomic E-state index is 12.4. The molecule has 0 atom stereocenters. The zero-order valence-corrected chi connectivity index (χ0v) is 19.5. The van der Waals surface area contributed by atoms with Crippen molar-refractivity contribution < 1.29 is 14.1 Å². The van der Waals surface area contributed by atoms with Crippen LogP contribution in [0.25, 0.3) is 0 Å². The number of benzene rings is 2. The summed E-state index contributed by atoms with van der Waals surface area (Å²) in [5, 5.41) is 6.94. The Morgan fingerprint density at radius 3 is 2.19 bits per heavy atom. The van der Waals surface area contributed by atoms with Crippen LogP contribution in [0.15, 0.2) is 53.1 Å². The number of carbonyl (C=O) groups excluding carboxylic acids is 1. The van der Waals surface area contributed by atoms with E-state index in [9.17, 15) is 4.79 Å². The van der Waals surface area contributed by atoms with Crippen LogP contribution < -0.4 is 10.1 Å². The Hall–Kier alpha value is -3.12. The number of amides is 1. The van der Waals surface area contributed by atoms with Crippen molar-refractivity contribution in [3.8, 4) is 5.75 Å². The second-order valence-electron chi connectivity index (χ2n) is 7.97. The molecule has 0 spiro atoms. The number of ether oxygens (including phenoxy) is 1. The predicted octanol–water partition coefficient (Wildman–Crippen LogP) is 4.57. The molecule has 3 aromatic rings. The van der Waals surface area contributed by atoms with Crippen molar-refractivity contribution in [2.45, 2.75) is 53.8 Å². The van der Waals surface area contributed by atoms with Gasteiger partial charge in [0.2, 0.25) is 5.91 Å². The number of rotatable bonds is 11. The minimum absolute atomic E-state index is 0.00149. The molecule has 1 aromatic heterocycles. The average Bonchev–Trinajstić information content (AvgIpc) is 3.13. The molecule has 1 N–H and O–H groups in total. The lowest BCUT2D eigenvalue weighted by atomic mass is 10.1. The van der Waals surface area contributed by atoms with Gasteiger partial charge in [-0.25, -0.2) is 0 Å². The van der Waals surface area contributed by atoms with Crippen LogP contribution in [0.1, 0.15) is 47.6 Å². The van der Waals surface area contributed by atoms with Crippen molar-refractivity contribution in [2.75, 3.05) is 13.1 Å². The Labute approximate surface area is 190 Å². The largest absolute Gasteiger partial charge is 0.489 e. The van der Waals surface area contributed by atoms with E-state index in [-0.39, 0.29) is 5.91 Å². The zero-order chi connectivity index (χ0) is 22.9. The van der Waals surface area contributed by atoms with E-state index < -0.39 is 0 Å². The summed E-state index contributed by atoms with van der Waals surface area (Å²) in [7, 11) is 0. The van der Waals surface area contributed by atoms with E-state index in [2.05, 4.69) is 53.5 Å². The van der Waals surface area contributed by atoms with Gasteiger partial charge in [0.1, 0.15) is 18.1 Å². The first-order valence-electron chi connectivity index (χ1n) is 11.2. The second kappa shape index (κ2) is 11.5. The van der Waals surface area contributed by atoms with Gasteiger partial charge in [-0.2, -0.15) is 0 Å². The molecule has 0 unspecified atom stereocenters. The number of hydrogen-bond donors (Lipinski definition) is 1. The molecule has 0 aliphatic rings. The van der Waals surface area contributed by atoms with Crippen LogP contribution in [-0.2, 0) is 30.9 Å². The van der Waals surface area contributed by atoms with Gasteiger partial charge in [0.25, 0.3) is 0 Å². The fraction of sp³-hybridized carbons (Fsp3) is 0.385. The Bertz CT molecular complexity index is 971. The fourth-order valence-electron chi connectivity index (χ4n) is 3.48. The minimum Gasteiger partial charge on any atom is -0.489 e. The summed E-state index contributed by atoms with van der Waals surface area (Å²) >= 11 is 0. The summed E-state index contributed by atoms with van der Waals surface area (Å²) in [4.78, 5) is 14.7. The number of nitrogens with one attached hydrogen (secondary N) is 1. The van der Waals surface area contributed by atoms with Gasteiger partial charge in [0, 0.05) is 13.1 Å². The molecule has 3 rings (SSSR count). The van der Waals surface area contributed by atoms with Crippen LogP contribution in [0.2, 0.25) is 0 Å². The first-order chi connectivity index (χ1) is 15.5. The fourth-order valence-corrected chi connectivity index (χ4v) is 3.48. The van der Waals surface area contributed by atoms with Gasteiger partial charge >= 0.3 is 0 Å². The third-order valence-corrected chi connectivity index (χ3v) is 5.67. The first kappa shape index (κ1) is 23.5. The van der Waals surface area contributed by atoms with Crippen molar-refractivity contribution in [1.29, 1.82) is 0 Å². The number of carbonyl (C=O) groups is 1. The Kier molecular flexibility index (Phi) is 8.45. The normalized spacial score (nSPS) is 11.0. The van der Waals surface area contributed by atoms with Gasteiger partial charge in [-0.3, -0.25) is 9.69 Å². The Morgan fingerprint density at radius 2 is 1.59 bits per heavy atom. The Balaban J connectivity index is 1.43. The lowest BCUT2D eigenvalue weighted by molar-refractivity contribution is -0.120. The minimum atomic E-state index is 0.00149. The van der Waals surface area contributed by atoms with Crippen molar-refractivity contribution in [1.82, 2.24) is 15.4 Å². The molecule has 170 valence electrons. The van der Waals surface area contributed by atoms with E-state index in [4.69, 9.17) is 9.26 Å². The highest BCUT2D eigenvalue weighted by atomic mass is 16.5. The van der Waals surface area contributed by atoms with Crippen molar-refractivity contribution >= 4 is 5.91 Å². The highest BCUT2D eigenvalue weighted by Gasteiger charge is 2.10. The number of aromatic nitrogens is 1. The molecule has 2 aromatic carbocycles. The molecule has 1 heterocycles. The summed E-state index contributed by atoms with van der Waals surface area (Å²) < 4.78 is 11.0. The molecule has 6 nitrogen and oxygen atoms in total. The van der Waals surface area contributed by atoms with Crippen molar-refractivity contribution in [3.63, 3.8) is 0 Å². The number of nitrogens with zero attached hydrogens (tertiary/aromatic N) is 2. The summed E-state index contributed by atoms with van der Waals surface area (Å²) in [6, 6.07) is 16.1. The zero-order valence-electron chi connectivity index (χ0n) is 19.5. The SMILES string of the molecule is CCN(CC)Cc1ccc(CNC(=O)Cc2ccc(OCc3c(C)noc3C)cc2)cc1. The summed E-state index contributed by atoms with van der Waals surface area (Å²) in [5.74, 6) is 1.52. The lowest BCUT2D eigenvalue weighted by Gasteiger charge is -2.18. The summed E-state index contributed by atoms with van der Waals surface area (Å²) in [5.41, 5.74) is 5.15. The summed E-state index contributed by atoms with van der Waals surface area (Å²) in [6.07, 6.45) is 0.337. The average molecular weight is 436 g/mol. The first-order valence-corrected chi connectivity index (χ1v) is 11.2. The smallest absolute Gasteiger partial charge is 0.224 e. The van der Waals surface area contributed by atoms with Gasteiger partial charge in [-0.1, -0.05) is 55.4 Å². The monoisotopic (exact) mass is 435 g/mol. The molecule has 1 amide bonds. The molecule has 32 heavy (non-hydrogen) atoms. The van der Waals surface area contributed by atoms with Crippen LogP contribution in [0.3, 0.4) is 0 Å². The van der Waals surface area contributed by atoms with Gasteiger partial charge < -0.3 is 14.6 Å². The lowest BCUT2D eigenvalue weighted by Crippen LogP contribution is -2.24. The quantitative estimate of drug-likeness (QED) is 0.478. The third-order valence-electron chi connectivity index (χ3n) is 5.67. The number of aryl methyl sites for hydroxylation is 2. The van der Waals surface area contributed by atoms with Crippen LogP contribution >= 0.6 is 0 Å². The molecule has 6 heteroatoms. The number of hydrogen-bond acceptors (Lipinski definition) is 5. The van der Waals surface area contributed by atoms with Gasteiger partial charge in [-0.15, -0.1) is 0 Å². The molecule has 0 aliphatic heterocycles. The van der Waals surface area contributed by atoms with Crippen LogP contribution in [-0.4, -0.2) is 29.1 Å². The van der Waals surface area contributed by atoms with Gasteiger partial charge in [0.15, 0.2) is 0 Å². The molecular formula is C26H33N3O3. The summed E-state index contributed by atoms with van der Waals surface area (Å²) in [6.45, 7) is 12.1. The highest BCUT2D eigenvalue weighted by molar-refractivity contribution is 5.78. The topological polar surface area (TPSA) is 67.6 Å². The van der Waals surface area contributed by atoms with Crippen LogP contribution in [0.5, 0.6) is 5.75 Å². The van der Waals surface area contributed by atoms with E-state index in [0.29, 0.717) is 19.6 Å². The Morgan fingerprint density at radius 1 is 0.969 bits per heavy atom.